The summed E-state index contributed by atoms with van der Waals surface area (Å²) in [7, 11) is 0. The van der Waals surface area contributed by atoms with E-state index in [-0.39, 0.29) is 5.82 Å². The van der Waals surface area contributed by atoms with E-state index in [4.69, 9.17) is 0 Å². The highest BCUT2D eigenvalue weighted by Crippen LogP contribution is 2.18. The van der Waals surface area contributed by atoms with E-state index in [2.05, 4.69) is 9.97 Å². The Labute approximate surface area is 104 Å². The second kappa shape index (κ2) is 4.53. The van der Waals surface area contributed by atoms with Gasteiger partial charge in [0.15, 0.2) is 0 Å². The van der Waals surface area contributed by atoms with Gasteiger partial charge in [-0.25, -0.2) is 4.39 Å². The summed E-state index contributed by atoms with van der Waals surface area (Å²) in [6.07, 6.45) is 3.88. The van der Waals surface area contributed by atoms with Crippen molar-refractivity contribution in [3.8, 4) is 0 Å². The number of para-hydroxylation sites is 1. The molecule has 0 fully saturated rings. The minimum absolute atomic E-state index is 0.252. The van der Waals surface area contributed by atoms with Gasteiger partial charge in [0.25, 0.3) is 0 Å². The maximum absolute atomic E-state index is 13.1. The fourth-order valence-corrected chi connectivity index (χ4v) is 2.05. The number of pyridine rings is 2. The van der Waals surface area contributed by atoms with Gasteiger partial charge in [0.2, 0.25) is 0 Å². The van der Waals surface area contributed by atoms with Crippen molar-refractivity contribution in [2.45, 2.75) is 6.42 Å². The number of hydrogen-bond acceptors (Lipinski definition) is 2. The maximum atomic E-state index is 13.1. The lowest BCUT2D eigenvalue weighted by Gasteiger charge is -2.05. The molecule has 0 aliphatic heterocycles. The number of aromatic nitrogens is 2. The molecular weight excluding hydrogens is 227 g/mol. The fraction of sp³-hybridized carbons (Fsp3) is 0.0667. The van der Waals surface area contributed by atoms with Crippen molar-refractivity contribution in [3.05, 3.63) is 71.9 Å². The Hall–Kier alpha value is -2.29. The van der Waals surface area contributed by atoms with Gasteiger partial charge in [-0.2, -0.15) is 0 Å². The minimum Gasteiger partial charge on any atom is -0.261 e. The van der Waals surface area contributed by atoms with E-state index in [1.807, 2.05) is 30.3 Å². The van der Waals surface area contributed by atoms with E-state index in [1.54, 1.807) is 6.20 Å². The molecule has 1 aromatic carbocycles. The van der Waals surface area contributed by atoms with E-state index in [1.165, 1.54) is 18.3 Å². The van der Waals surface area contributed by atoms with Gasteiger partial charge in [-0.3, -0.25) is 9.97 Å². The predicted molar refractivity (Wildman–Crippen MR) is 68.7 cm³/mol. The summed E-state index contributed by atoms with van der Waals surface area (Å²) >= 11 is 0. The third-order valence-electron chi connectivity index (χ3n) is 2.89. The van der Waals surface area contributed by atoms with Crippen LogP contribution < -0.4 is 0 Å². The predicted octanol–water partition coefficient (Wildman–Crippen LogP) is 3.36. The van der Waals surface area contributed by atoms with Crippen LogP contribution in [0.1, 0.15) is 11.3 Å². The lowest BCUT2D eigenvalue weighted by molar-refractivity contribution is 0.623. The quantitative estimate of drug-likeness (QED) is 0.684. The summed E-state index contributed by atoms with van der Waals surface area (Å²) in [6.45, 7) is 0. The van der Waals surface area contributed by atoms with E-state index in [0.29, 0.717) is 6.42 Å². The van der Waals surface area contributed by atoms with E-state index >= 15 is 0 Å². The Morgan fingerprint density at radius 1 is 0.944 bits per heavy atom. The molecule has 3 rings (SSSR count). The Morgan fingerprint density at radius 2 is 1.78 bits per heavy atom. The normalized spacial score (nSPS) is 10.7. The maximum Gasteiger partial charge on any atom is 0.126 e. The van der Waals surface area contributed by atoms with E-state index in [0.717, 1.165) is 22.2 Å². The zero-order chi connectivity index (χ0) is 12.4. The van der Waals surface area contributed by atoms with Crippen LogP contribution in [0.2, 0.25) is 0 Å². The molecule has 18 heavy (non-hydrogen) atoms. The largest absolute Gasteiger partial charge is 0.261 e. The number of rotatable bonds is 2. The monoisotopic (exact) mass is 238 g/mol. The van der Waals surface area contributed by atoms with Gasteiger partial charge in [0.05, 0.1) is 5.52 Å². The average Bonchev–Trinajstić information content (AvgIpc) is 2.39. The molecule has 0 saturated carbocycles. The molecule has 0 aliphatic rings. The molecular formula is C15H11FN2. The van der Waals surface area contributed by atoms with Gasteiger partial charge in [-0.1, -0.05) is 18.2 Å². The van der Waals surface area contributed by atoms with Crippen LogP contribution in [-0.2, 0) is 6.42 Å². The van der Waals surface area contributed by atoms with Crippen molar-refractivity contribution >= 4 is 10.9 Å². The number of nitrogens with zero attached hydrogens (tertiary/aromatic N) is 2. The van der Waals surface area contributed by atoms with Crippen LogP contribution in [0.15, 0.2) is 54.9 Å². The molecule has 0 spiro atoms. The van der Waals surface area contributed by atoms with Crippen molar-refractivity contribution in [1.29, 1.82) is 0 Å². The van der Waals surface area contributed by atoms with Gasteiger partial charge < -0.3 is 0 Å². The summed E-state index contributed by atoms with van der Waals surface area (Å²) in [5.41, 5.74) is 2.79. The summed E-state index contributed by atoms with van der Waals surface area (Å²) in [4.78, 5) is 8.49. The van der Waals surface area contributed by atoms with Crippen molar-refractivity contribution in [3.63, 3.8) is 0 Å². The second-order valence-electron chi connectivity index (χ2n) is 4.13. The van der Waals surface area contributed by atoms with E-state index in [9.17, 15) is 4.39 Å². The highest BCUT2D eigenvalue weighted by Gasteiger charge is 2.04. The molecule has 0 bridgehead atoms. The van der Waals surface area contributed by atoms with Crippen LogP contribution >= 0.6 is 0 Å². The van der Waals surface area contributed by atoms with Crippen LogP contribution in [-0.4, -0.2) is 9.97 Å². The Kier molecular flexibility index (Phi) is 2.73. The first-order valence-electron chi connectivity index (χ1n) is 5.76. The van der Waals surface area contributed by atoms with Crippen LogP contribution in [0.3, 0.4) is 0 Å². The molecule has 88 valence electrons. The molecule has 2 aromatic heterocycles. The molecule has 0 radical (unpaired) electrons. The third-order valence-corrected chi connectivity index (χ3v) is 2.89. The molecule has 3 aromatic rings. The highest BCUT2D eigenvalue weighted by atomic mass is 19.1. The molecule has 0 aliphatic carbocycles. The SMILES string of the molecule is Fc1ccnc(Cc2ccnc3ccccc23)c1. The first-order valence-corrected chi connectivity index (χ1v) is 5.76. The zero-order valence-corrected chi connectivity index (χ0v) is 9.68. The lowest BCUT2D eigenvalue weighted by atomic mass is 10.0. The number of benzene rings is 1. The first kappa shape index (κ1) is 10.8. The molecule has 0 N–H and O–H groups in total. The van der Waals surface area contributed by atoms with Gasteiger partial charge in [-0.05, 0) is 29.8 Å². The highest BCUT2D eigenvalue weighted by molar-refractivity contribution is 5.82. The van der Waals surface area contributed by atoms with Crippen LogP contribution in [0.25, 0.3) is 10.9 Å². The molecule has 0 atom stereocenters. The number of fused-ring (bicyclic) bond motifs is 1. The molecule has 0 saturated heterocycles. The zero-order valence-electron chi connectivity index (χ0n) is 9.68. The van der Waals surface area contributed by atoms with Gasteiger partial charge in [0.1, 0.15) is 5.82 Å². The molecule has 2 nitrogen and oxygen atoms in total. The standard InChI is InChI=1S/C15H11FN2/c16-12-6-8-17-13(10-12)9-11-5-7-18-15-4-2-1-3-14(11)15/h1-8,10H,9H2. The van der Waals surface area contributed by atoms with Crippen molar-refractivity contribution in [1.82, 2.24) is 9.97 Å². The molecule has 3 heteroatoms. The van der Waals surface area contributed by atoms with Crippen LogP contribution in [0, 0.1) is 5.82 Å². The van der Waals surface area contributed by atoms with Crippen molar-refractivity contribution in [2.75, 3.05) is 0 Å². The number of hydrogen-bond donors (Lipinski definition) is 0. The summed E-state index contributed by atoms with van der Waals surface area (Å²) in [5.74, 6) is -0.252. The summed E-state index contributed by atoms with van der Waals surface area (Å²) in [5, 5.41) is 1.09. The smallest absolute Gasteiger partial charge is 0.126 e. The average molecular weight is 238 g/mol. The molecule has 0 amide bonds. The lowest BCUT2D eigenvalue weighted by Crippen LogP contribution is -1.94. The van der Waals surface area contributed by atoms with Crippen LogP contribution in [0.4, 0.5) is 4.39 Å². The Morgan fingerprint density at radius 3 is 2.67 bits per heavy atom. The van der Waals surface area contributed by atoms with E-state index < -0.39 is 0 Å². The Bertz CT molecular complexity index is 689. The van der Waals surface area contributed by atoms with Crippen LogP contribution in [0.5, 0.6) is 0 Å². The summed E-state index contributed by atoms with van der Waals surface area (Å²) in [6, 6.07) is 12.7. The Balaban J connectivity index is 2.05. The molecule has 2 heterocycles. The van der Waals surface area contributed by atoms with Gasteiger partial charge in [-0.15, -0.1) is 0 Å². The van der Waals surface area contributed by atoms with Gasteiger partial charge >= 0.3 is 0 Å². The topological polar surface area (TPSA) is 25.8 Å². The number of halogens is 1. The fourth-order valence-electron chi connectivity index (χ4n) is 2.05. The second-order valence-corrected chi connectivity index (χ2v) is 4.13. The van der Waals surface area contributed by atoms with Gasteiger partial charge in [0, 0.05) is 29.9 Å². The summed E-state index contributed by atoms with van der Waals surface area (Å²) < 4.78 is 13.1. The van der Waals surface area contributed by atoms with Crippen molar-refractivity contribution < 1.29 is 4.39 Å². The third kappa shape index (κ3) is 2.07. The minimum atomic E-state index is -0.252. The first-order chi connectivity index (χ1) is 8.83. The molecule has 0 unspecified atom stereocenters. The van der Waals surface area contributed by atoms with Crippen molar-refractivity contribution in [2.24, 2.45) is 0 Å².